The first-order valence-electron chi connectivity index (χ1n) is 7.26. The Hall–Kier alpha value is -1.72. The first-order valence-corrected chi connectivity index (χ1v) is 8.92. The van der Waals surface area contributed by atoms with Gasteiger partial charge in [0.2, 0.25) is 10.0 Å². The first kappa shape index (κ1) is 15.2. The van der Waals surface area contributed by atoms with Crippen LogP contribution in [0.15, 0.2) is 54.6 Å². The molecular weight excluding hydrogens is 301 g/mol. The molecule has 1 aliphatic rings. The normalized spacial score (nSPS) is 16.4. The van der Waals surface area contributed by atoms with Gasteiger partial charge in [-0.1, -0.05) is 42.5 Å². The van der Waals surface area contributed by atoms with E-state index in [1.807, 2.05) is 30.3 Å². The number of hydrogen-bond acceptors (Lipinski definition) is 2. The standard InChI is InChI=1S/C17H18FNO2S/c18-16-8-6-14(7-9-16)12-22(20,21)19-13-17(10-11-17)15-4-2-1-3-5-15/h1-9,19H,10-13H2. The van der Waals surface area contributed by atoms with E-state index in [1.54, 1.807) is 0 Å². The minimum atomic E-state index is -3.42. The molecule has 0 radical (unpaired) electrons. The van der Waals surface area contributed by atoms with E-state index in [1.165, 1.54) is 29.8 Å². The Morgan fingerprint density at radius 2 is 1.64 bits per heavy atom. The van der Waals surface area contributed by atoms with Crippen molar-refractivity contribution in [2.75, 3.05) is 6.54 Å². The molecule has 0 atom stereocenters. The summed E-state index contributed by atoms with van der Waals surface area (Å²) in [6.45, 7) is 0.417. The molecule has 0 heterocycles. The maximum absolute atomic E-state index is 12.9. The van der Waals surface area contributed by atoms with E-state index < -0.39 is 10.0 Å². The number of sulfonamides is 1. The predicted octanol–water partition coefficient (Wildman–Crippen LogP) is 2.98. The Morgan fingerprint density at radius 1 is 1.00 bits per heavy atom. The SMILES string of the molecule is O=S(=O)(Cc1ccc(F)cc1)NCC1(c2ccccc2)CC1. The summed E-state index contributed by atoms with van der Waals surface area (Å²) in [6.07, 6.45) is 1.99. The van der Waals surface area contributed by atoms with Gasteiger partial charge in [0.25, 0.3) is 0 Å². The Kier molecular flexibility index (Phi) is 4.02. The fourth-order valence-corrected chi connectivity index (χ4v) is 3.84. The zero-order valence-corrected chi connectivity index (χ0v) is 12.9. The van der Waals surface area contributed by atoms with Crippen molar-refractivity contribution in [1.82, 2.24) is 4.72 Å². The molecule has 116 valence electrons. The van der Waals surface area contributed by atoms with Gasteiger partial charge in [0.05, 0.1) is 5.75 Å². The smallest absolute Gasteiger partial charge is 0.214 e. The Morgan fingerprint density at radius 3 is 2.23 bits per heavy atom. The third kappa shape index (κ3) is 3.54. The molecule has 0 aromatic heterocycles. The third-order valence-corrected chi connectivity index (χ3v) is 5.44. The third-order valence-electron chi connectivity index (χ3n) is 4.14. The summed E-state index contributed by atoms with van der Waals surface area (Å²) in [5, 5.41) is 0. The highest BCUT2D eigenvalue weighted by Gasteiger charge is 2.44. The van der Waals surface area contributed by atoms with Crippen LogP contribution in [0.25, 0.3) is 0 Å². The molecule has 1 aliphatic carbocycles. The second kappa shape index (κ2) is 5.82. The summed E-state index contributed by atoms with van der Waals surface area (Å²) >= 11 is 0. The molecule has 2 aromatic rings. The van der Waals surface area contributed by atoms with Crippen LogP contribution in [0, 0.1) is 5.82 Å². The molecule has 0 amide bonds. The molecule has 0 spiro atoms. The molecule has 3 rings (SSSR count). The monoisotopic (exact) mass is 319 g/mol. The van der Waals surface area contributed by atoms with E-state index in [9.17, 15) is 12.8 Å². The number of benzene rings is 2. The first-order chi connectivity index (χ1) is 10.5. The Balaban J connectivity index is 1.64. The van der Waals surface area contributed by atoms with Gasteiger partial charge in [-0.15, -0.1) is 0 Å². The highest BCUT2D eigenvalue weighted by atomic mass is 32.2. The molecule has 3 nitrogen and oxygen atoms in total. The van der Waals surface area contributed by atoms with Gasteiger partial charge < -0.3 is 0 Å². The molecule has 0 aliphatic heterocycles. The van der Waals surface area contributed by atoms with E-state index in [2.05, 4.69) is 4.72 Å². The van der Waals surface area contributed by atoms with Gasteiger partial charge in [-0.05, 0) is 36.1 Å². The predicted molar refractivity (Wildman–Crippen MR) is 84.4 cm³/mol. The zero-order chi connectivity index (χ0) is 15.6. The molecule has 1 N–H and O–H groups in total. The molecule has 22 heavy (non-hydrogen) atoms. The van der Waals surface area contributed by atoms with Gasteiger partial charge >= 0.3 is 0 Å². The van der Waals surface area contributed by atoms with Crippen LogP contribution in [-0.2, 0) is 21.2 Å². The van der Waals surface area contributed by atoms with Crippen molar-refractivity contribution in [1.29, 1.82) is 0 Å². The van der Waals surface area contributed by atoms with E-state index in [0.717, 1.165) is 12.8 Å². The topological polar surface area (TPSA) is 46.2 Å². The average Bonchev–Trinajstić information content (AvgIpc) is 3.30. The lowest BCUT2D eigenvalue weighted by Gasteiger charge is -2.16. The van der Waals surface area contributed by atoms with Crippen LogP contribution < -0.4 is 4.72 Å². The molecule has 0 saturated heterocycles. The molecule has 0 bridgehead atoms. The maximum Gasteiger partial charge on any atom is 0.215 e. The highest BCUT2D eigenvalue weighted by Crippen LogP contribution is 2.47. The van der Waals surface area contributed by atoms with E-state index in [-0.39, 0.29) is 17.0 Å². The average molecular weight is 319 g/mol. The lowest BCUT2D eigenvalue weighted by atomic mass is 9.96. The van der Waals surface area contributed by atoms with Crippen LogP contribution >= 0.6 is 0 Å². The fraction of sp³-hybridized carbons (Fsp3) is 0.294. The summed E-state index contributed by atoms with van der Waals surface area (Å²) < 4.78 is 39.9. The van der Waals surface area contributed by atoms with Gasteiger partial charge in [-0.2, -0.15) is 0 Å². The minimum absolute atomic E-state index is 0.0584. The van der Waals surface area contributed by atoms with Crippen molar-refractivity contribution in [2.24, 2.45) is 0 Å². The van der Waals surface area contributed by atoms with Crippen LogP contribution in [-0.4, -0.2) is 15.0 Å². The maximum atomic E-state index is 12.9. The highest BCUT2D eigenvalue weighted by molar-refractivity contribution is 7.88. The zero-order valence-electron chi connectivity index (χ0n) is 12.1. The summed E-state index contributed by atoms with van der Waals surface area (Å²) in [4.78, 5) is 0. The van der Waals surface area contributed by atoms with Crippen molar-refractivity contribution in [2.45, 2.75) is 24.0 Å². The van der Waals surface area contributed by atoms with Gasteiger partial charge in [-0.3, -0.25) is 0 Å². The van der Waals surface area contributed by atoms with Crippen LogP contribution in [0.1, 0.15) is 24.0 Å². The van der Waals surface area contributed by atoms with Gasteiger partial charge in [0.15, 0.2) is 0 Å². The number of rotatable bonds is 6. The van der Waals surface area contributed by atoms with Crippen LogP contribution in [0.5, 0.6) is 0 Å². The largest absolute Gasteiger partial charge is 0.215 e. The van der Waals surface area contributed by atoms with Gasteiger partial charge in [0.1, 0.15) is 5.82 Å². The molecule has 0 unspecified atom stereocenters. The van der Waals surface area contributed by atoms with E-state index in [0.29, 0.717) is 12.1 Å². The van der Waals surface area contributed by atoms with Gasteiger partial charge in [0, 0.05) is 12.0 Å². The van der Waals surface area contributed by atoms with E-state index in [4.69, 9.17) is 0 Å². The number of hydrogen-bond donors (Lipinski definition) is 1. The number of nitrogens with one attached hydrogen (secondary N) is 1. The minimum Gasteiger partial charge on any atom is -0.214 e. The molecule has 1 fully saturated rings. The van der Waals surface area contributed by atoms with Crippen molar-refractivity contribution in [3.05, 3.63) is 71.5 Å². The lowest BCUT2D eigenvalue weighted by Crippen LogP contribution is -2.33. The van der Waals surface area contributed by atoms with Gasteiger partial charge in [-0.25, -0.2) is 17.5 Å². The quantitative estimate of drug-likeness (QED) is 0.890. The Bertz CT molecular complexity index is 738. The fourth-order valence-electron chi connectivity index (χ4n) is 2.61. The summed E-state index contributed by atoms with van der Waals surface area (Å²) in [6, 6.07) is 15.5. The van der Waals surface area contributed by atoms with Crippen molar-refractivity contribution in [3.63, 3.8) is 0 Å². The van der Waals surface area contributed by atoms with Crippen molar-refractivity contribution in [3.8, 4) is 0 Å². The Labute approximate surface area is 130 Å². The van der Waals surface area contributed by atoms with E-state index >= 15 is 0 Å². The van der Waals surface area contributed by atoms with Crippen molar-refractivity contribution >= 4 is 10.0 Å². The van der Waals surface area contributed by atoms with Crippen molar-refractivity contribution < 1.29 is 12.8 Å². The lowest BCUT2D eigenvalue weighted by molar-refractivity contribution is 0.566. The second-order valence-corrected chi connectivity index (χ2v) is 7.66. The molecule has 5 heteroatoms. The molecule has 1 saturated carbocycles. The summed E-state index contributed by atoms with van der Waals surface area (Å²) in [5.41, 5.74) is 1.70. The van der Waals surface area contributed by atoms with Crippen LogP contribution in [0.2, 0.25) is 0 Å². The second-order valence-electron chi connectivity index (χ2n) is 5.85. The summed E-state index contributed by atoms with van der Waals surface area (Å²) in [5.74, 6) is -0.492. The molecular formula is C17H18FNO2S. The summed E-state index contributed by atoms with van der Waals surface area (Å²) in [7, 11) is -3.42. The van der Waals surface area contributed by atoms with Crippen LogP contribution in [0.3, 0.4) is 0 Å². The van der Waals surface area contributed by atoms with Crippen LogP contribution in [0.4, 0.5) is 4.39 Å². The molecule has 2 aromatic carbocycles. The number of halogens is 1.